The van der Waals surface area contributed by atoms with Crippen LogP contribution in [0.3, 0.4) is 0 Å². The summed E-state index contributed by atoms with van der Waals surface area (Å²) in [6.45, 7) is 0.456. The average Bonchev–Trinajstić information content (AvgIpc) is 2.17. The molecule has 0 radical (unpaired) electrons. The first-order valence-electron chi connectivity index (χ1n) is 4.55. The van der Waals surface area contributed by atoms with Crippen molar-refractivity contribution >= 4 is 15.9 Å². The molecule has 5 heteroatoms. The minimum atomic E-state index is -0.450. The van der Waals surface area contributed by atoms with Crippen molar-refractivity contribution in [2.45, 2.75) is 12.8 Å². The highest BCUT2D eigenvalue weighted by Gasteiger charge is 2.16. The lowest BCUT2D eigenvalue weighted by Crippen LogP contribution is -2.02. The Morgan fingerprint density at radius 1 is 1.60 bits per heavy atom. The van der Waals surface area contributed by atoms with Crippen LogP contribution < -0.4 is 10.5 Å². The molecular weight excluding hydrogens is 265 g/mol. The van der Waals surface area contributed by atoms with Gasteiger partial charge in [0.05, 0.1) is 11.6 Å². The Hall–Kier alpha value is -0.810. The van der Waals surface area contributed by atoms with Crippen molar-refractivity contribution in [1.82, 2.24) is 0 Å². The number of phenolic OH excluding ortho intramolecular Hbond substituents is 1. The minimum absolute atomic E-state index is 0.155. The van der Waals surface area contributed by atoms with Crippen LogP contribution in [0.25, 0.3) is 0 Å². The number of methoxy groups -OCH3 is 1. The maximum Gasteiger partial charge on any atom is 0.175 e. The minimum Gasteiger partial charge on any atom is -0.504 e. The van der Waals surface area contributed by atoms with Gasteiger partial charge in [0.25, 0.3) is 0 Å². The van der Waals surface area contributed by atoms with Crippen molar-refractivity contribution in [3.63, 3.8) is 0 Å². The zero-order chi connectivity index (χ0) is 11.4. The van der Waals surface area contributed by atoms with Gasteiger partial charge in [-0.05, 0) is 41.4 Å². The maximum atomic E-state index is 13.5. The van der Waals surface area contributed by atoms with Crippen LogP contribution in [0, 0.1) is 5.82 Å². The molecule has 1 aromatic rings. The number of halogens is 2. The van der Waals surface area contributed by atoms with E-state index in [1.165, 1.54) is 13.2 Å². The quantitative estimate of drug-likeness (QED) is 0.887. The normalized spacial score (nSPS) is 10.4. The molecule has 0 amide bonds. The number of hydrogen-bond donors (Lipinski definition) is 2. The molecule has 0 aliphatic heterocycles. The zero-order valence-corrected chi connectivity index (χ0v) is 9.97. The molecule has 0 atom stereocenters. The third-order valence-electron chi connectivity index (χ3n) is 2.09. The lowest BCUT2D eigenvalue weighted by Gasteiger charge is -2.11. The highest BCUT2D eigenvalue weighted by molar-refractivity contribution is 9.10. The number of phenols is 1. The Kier molecular flexibility index (Phi) is 4.35. The van der Waals surface area contributed by atoms with E-state index in [-0.39, 0.29) is 17.1 Å². The largest absolute Gasteiger partial charge is 0.504 e. The molecule has 3 N–H and O–H groups in total. The molecule has 1 aromatic carbocycles. The van der Waals surface area contributed by atoms with E-state index < -0.39 is 5.82 Å². The van der Waals surface area contributed by atoms with Crippen LogP contribution in [0.15, 0.2) is 10.5 Å². The van der Waals surface area contributed by atoms with Gasteiger partial charge in [0.1, 0.15) is 5.82 Å². The van der Waals surface area contributed by atoms with E-state index >= 15 is 0 Å². The van der Waals surface area contributed by atoms with E-state index in [4.69, 9.17) is 10.5 Å². The lowest BCUT2D eigenvalue weighted by atomic mass is 10.1. The molecule has 0 bridgehead atoms. The van der Waals surface area contributed by atoms with Crippen molar-refractivity contribution < 1.29 is 14.2 Å². The van der Waals surface area contributed by atoms with Gasteiger partial charge in [-0.25, -0.2) is 4.39 Å². The molecule has 0 fully saturated rings. The van der Waals surface area contributed by atoms with Gasteiger partial charge < -0.3 is 15.6 Å². The summed E-state index contributed by atoms with van der Waals surface area (Å²) in [6, 6.07) is 1.28. The molecule has 15 heavy (non-hydrogen) atoms. The molecule has 0 saturated heterocycles. The molecule has 0 aliphatic rings. The SMILES string of the molecule is COc1c(Br)cc(F)c(CCCN)c1O. The summed E-state index contributed by atoms with van der Waals surface area (Å²) in [7, 11) is 1.42. The molecule has 3 nitrogen and oxygen atoms in total. The Labute approximate surface area is 96.2 Å². The van der Waals surface area contributed by atoms with Crippen LogP contribution in [0.1, 0.15) is 12.0 Å². The summed E-state index contributed by atoms with van der Waals surface area (Å²) in [5, 5.41) is 9.74. The maximum absolute atomic E-state index is 13.5. The summed E-state index contributed by atoms with van der Waals surface area (Å²) in [4.78, 5) is 0. The molecule has 0 heterocycles. The van der Waals surface area contributed by atoms with Crippen molar-refractivity contribution in [2.24, 2.45) is 5.73 Å². The number of nitrogens with two attached hydrogens (primary N) is 1. The second kappa shape index (κ2) is 5.32. The van der Waals surface area contributed by atoms with E-state index in [9.17, 15) is 9.50 Å². The van der Waals surface area contributed by atoms with Crippen molar-refractivity contribution in [1.29, 1.82) is 0 Å². The standard InChI is InChI=1S/C10H13BrFNO2/c1-15-10-7(11)5-8(12)6(9(10)14)3-2-4-13/h5,14H,2-4,13H2,1H3. The number of aromatic hydroxyl groups is 1. The fourth-order valence-corrected chi connectivity index (χ4v) is 1.89. The fourth-order valence-electron chi connectivity index (χ4n) is 1.34. The topological polar surface area (TPSA) is 55.5 Å². The van der Waals surface area contributed by atoms with Crippen molar-refractivity contribution in [3.05, 3.63) is 21.9 Å². The molecule has 1 rings (SSSR count). The summed E-state index contributed by atoms with van der Waals surface area (Å²) in [5.74, 6) is -0.352. The molecule has 0 saturated carbocycles. The first-order chi connectivity index (χ1) is 7.11. The van der Waals surface area contributed by atoms with Gasteiger partial charge in [-0.1, -0.05) is 0 Å². The number of hydrogen-bond acceptors (Lipinski definition) is 3. The molecule has 0 aliphatic carbocycles. The van der Waals surface area contributed by atoms with Gasteiger partial charge in [0.15, 0.2) is 11.5 Å². The Morgan fingerprint density at radius 3 is 2.80 bits per heavy atom. The van der Waals surface area contributed by atoms with Crippen LogP contribution in [0.2, 0.25) is 0 Å². The van der Waals surface area contributed by atoms with Crippen LogP contribution in [-0.4, -0.2) is 18.8 Å². The fraction of sp³-hybridized carbons (Fsp3) is 0.400. The average molecular weight is 278 g/mol. The second-order valence-corrected chi connectivity index (χ2v) is 3.95. The molecule has 0 spiro atoms. The highest BCUT2D eigenvalue weighted by atomic mass is 79.9. The lowest BCUT2D eigenvalue weighted by molar-refractivity contribution is 0.364. The molecule has 0 aromatic heterocycles. The van der Waals surface area contributed by atoms with E-state index in [1.807, 2.05) is 0 Å². The first-order valence-corrected chi connectivity index (χ1v) is 5.35. The van der Waals surface area contributed by atoms with E-state index in [2.05, 4.69) is 15.9 Å². The van der Waals surface area contributed by atoms with Gasteiger partial charge in [-0.15, -0.1) is 0 Å². The molecule has 84 valence electrons. The van der Waals surface area contributed by atoms with Gasteiger partial charge in [0, 0.05) is 5.56 Å². The number of benzene rings is 1. The van der Waals surface area contributed by atoms with Crippen molar-refractivity contribution in [2.75, 3.05) is 13.7 Å². The number of rotatable bonds is 4. The molecular formula is C10H13BrFNO2. The van der Waals surface area contributed by atoms with Gasteiger partial charge >= 0.3 is 0 Å². The summed E-state index contributed by atoms with van der Waals surface area (Å²) in [6.07, 6.45) is 1.02. The third-order valence-corrected chi connectivity index (χ3v) is 2.68. The van der Waals surface area contributed by atoms with E-state index in [1.54, 1.807) is 0 Å². The van der Waals surface area contributed by atoms with Crippen molar-refractivity contribution in [3.8, 4) is 11.5 Å². The Bertz CT molecular complexity index is 358. The monoisotopic (exact) mass is 277 g/mol. The zero-order valence-electron chi connectivity index (χ0n) is 8.39. The van der Waals surface area contributed by atoms with Gasteiger partial charge in [0.2, 0.25) is 0 Å². The highest BCUT2D eigenvalue weighted by Crippen LogP contribution is 2.39. The van der Waals surface area contributed by atoms with Crippen LogP contribution >= 0.6 is 15.9 Å². The summed E-state index contributed by atoms with van der Waals surface area (Å²) >= 11 is 3.11. The van der Waals surface area contributed by atoms with Gasteiger partial charge in [-0.2, -0.15) is 0 Å². The predicted molar refractivity (Wildman–Crippen MR) is 59.7 cm³/mol. The molecule has 0 unspecified atom stereocenters. The van der Waals surface area contributed by atoms with Gasteiger partial charge in [-0.3, -0.25) is 0 Å². The summed E-state index contributed by atoms with van der Waals surface area (Å²) < 4.78 is 18.8. The van der Waals surface area contributed by atoms with Crippen LogP contribution in [0.4, 0.5) is 4.39 Å². The Balaban J connectivity index is 3.14. The van der Waals surface area contributed by atoms with Crippen LogP contribution in [-0.2, 0) is 6.42 Å². The predicted octanol–water partition coefficient (Wildman–Crippen LogP) is 2.19. The first kappa shape index (κ1) is 12.3. The summed E-state index contributed by atoms with van der Waals surface area (Å²) in [5.41, 5.74) is 5.58. The second-order valence-electron chi connectivity index (χ2n) is 3.09. The van der Waals surface area contributed by atoms with E-state index in [0.717, 1.165) is 0 Å². The third kappa shape index (κ3) is 2.60. The van der Waals surface area contributed by atoms with E-state index in [0.29, 0.717) is 23.9 Å². The Morgan fingerprint density at radius 2 is 2.27 bits per heavy atom. The number of ether oxygens (including phenoxy) is 1. The smallest absolute Gasteiger partial charge is 0.175 e. The van der Waals surface area contributed by atoms with Crippen LogP contribution in [0.5, 0.6) is 11.5 Å².